The maximum Gasteiger partial charge on any atom is 0.232 e. The Morgan fingerprint density at radius 2 is 1.59 bits per heavy atom. The van der Waals surface area contributed by atoms with Crippen molar-refractivity contribution >= 4 is 21.7 Å². The van der Waals surface area contributed by atoms with E-state index in [0.717, 1.165) is 11.8 Å². The van der Waals surface area contributed by atoms with Gasteiger partial charge in [-0.15, -0.1) is 0 Å². The van der Waals surface area contributed by atoms with Gasteiger partial charge >= 0.3 is 0 Å². The summed E-state index contributed by atoms with van der Waals surface area (Å²) in [5.74, 6) is 1.58. The highest BCUT2D eigenvalue weighted by atomic mass is 32.2. The van der Waals surface area contributed by atoms with Crippen LogP contribution >= 0.6 is 0 Å². The smallest absolute Gasteiger partial charge is 0.232 e. The zero-order chi connectivity index (χ0) is 19.9. The van der Waals surface area contributed by atoms with E-state index in [1.54, 1.807) is 24.3 Å². The molecule has 2 aromatic rings. The third-order valence-electron chi connectivity index (χ3n) is 3.46. The molecule has 2 rings (SSSR count). The largest absolute Gasteiger partial charge is 0.493 e. The van der Waals surface area contributed by atoms with Crippen LogP contribution in [-0.4, -0.2) is 42.0 Å². The Balaban J connectivity index is 2.31. The zero-order valence-electron chi connectivity index (χ0n) is 15.6. The summed E-state index contributed by atoms with van der Waals surface area (Å²) in [6.45, 7) is 0.189. The lowest BCUT2D eigenvalue weighted by atomic mass is 10.2. The summed E-state index contributed by atoms with van der Waals surface area (Å²) in [7, 11) is 1.08. The average Bonchev–Trinajstić information content (AvgIpc) is 2.64. The van der Waals surface area contributed by atoms with E-state index in [2.05, 4.69) is 15.0 Å². The summed E-state index contributed by atoms with van der Waals surface area (Å²) in [5, 5.41) is 2.96. The monoisotopic (exact) mass is 393 g/mol. The van der Waals surface area contributed by atoms with Crippen LogP contribution in [0.4, 0.5) is 5.69 Å². The van der Waals surface area contributed by atoms with Crippen LogP contribution in [0.2, 0.25) is 0 Å². The molecule has 0 aliphatic heterocycles. The first-order valence-electron chi connectivity index (χ1n) is 7.99. The van der Waals surface area contributed by atoms with Crippen molar-refractivity contribution in [1.82, 2.24) is 4.72 Å². The van der Waals surface area contributed by atoms with Crippen LogP contribution in [0.1, 0.15) is 5.56 Å². The average molecular weight is 393 g/mol. The number of anilines is 1. The van der Waals surface area contributed by atoms with Crippen molar-refractivity contribution in [1.29, 1.82) is 0 Å². The maximum atomic E-state index is 11.6. The Morgan fingerprint density at radius 3 is 2.07 bits per heavy atom. The van der Waals surface area contributed by atoms with Crippen molar-refractivity contribution in [3.63, 3.8) is 0 Å². The molecule has 0 spiro atoms. The van der Waals surface area contributed by atoms with Crippen LogP contribution < -0.4 is 24.2 Å². The molecule has 146 valence electrons. The summed E-state index contributed by atoms with van der Waals surface area (Å²) in [4.78, 5) is 4.34. The number of nitrogens with one attached hydrogen (secondary N) is 2. The van der Waals surface area contributed by atoms with E-state index in [-0.39, 0.29) is 12.5 Å². The Morgan fingerprint density at radius 1 is 1.00 bits per heavy atom. The van der Waals surface area contributed by atoms with Crippen LogP contribution in [0.25, 0.3) is 0 Å². The van der Waals surface area contributed by atoms with Crippen LogP contribution in [0.3, 0.4) is 0 Å². The molecule has 0 unspecified atom stereocenters. The minimum atomic E-state index is -3.50. The zero-order valence-corrected chi connectivity index (χ0v) is 16.5. The second-order valence-electron chi connectivity index (χ2n) is 5.56. The van der Waals surface area contributed by atoms with Crippen LogP contribution in [-0.2, 0) is 16.6 Å². The number of rotatable bonds is 7. The number of sulfonamides is 1. The molecule has 2 N–H and O–H groups in total. The molecule has 0 atom stereocenters. The molecule has 0 amide bonds. The Bertz CT molecular complexity index is 873. The Hall–Kier alpha value is -2.94. The standard InChI is InChI=1S/C18H23N3O5S/c1-24-15-10-13(11-16(25-2)17(15)26-3)12-19-18(21-27(4,22)23)20-14-8-6-5-7-9-14/h5-11H,12H2,1-4H3,(H2,19,20,21). The topological polar surface area (TPSA) is 98.2 Å². The molecule has 2 aromatic carbocycles. The molecule has 0 bridgehead atoms. The van der Waals surface area contributed by atoms with E-state index in [1.165, 1.54) is 21.3 Å². The van der Waals surface area contributed by atoms with Crippen molar-refractivity contribution in [2.45, 2.75) is 6.54 Å². The van der Waals surface area contributed by atoms with E-state index < -0.39 is 10.0 Å². The number of aliphatic imine (C=N–C) groups is 1. The van der Waals surface area contributed by atoms with Gasteiger partial charge in [-0.05, 0) is 29.8 Å². The van der Waals surface area contributed by atoms with E-state index in [0.29, 0.717) is 22.9 Å². The van der Waals surface area contributed by atoms with E-state index in [1.807, 2.05) is 18.2 Å². The van der Waals surface area contributed by atoms with Gasteiger partial charge in [-0.1, -0.05) is 18.2 Å². The van der Waals surface area contributed by atoms with Crippen molar-refractivity contribution in [3.05, 3.63) is 48.0 Å². The second-order valence-corrected chi connectivity index (χ2v) is 7.31. The number of nitrogens with zero attached hydrogens (tertiary/aromatic N) is 1. The van der Waals surface area contributed by atoms with Crippen molar-refractivity contribution in [3.8, 4) is 17.2 Å². The van der Waals surface area contributed by atoms with Gasteiger partial charge in [-0.2, -0.15) is 0 Å². The molecule has 0 saturated carbocycles. The molecule has 0 heterocycles. The SMILES string of the molecule is COc1cc(CN=C(Nc2ccccc2)NS(C)(=O)=O)cc(OC)c1OC. The molecule has 8 nitrogen and oxygen atoms in total. The first kappa shape index (κ1) is 20.4. The molecule has 0 fully saturated rings. The fraction of sp³-hybridized carbons (Fsp3) is 0.278. The molecular formula is C18H23N3O5S. The van der Waals surface area contributed by atoms with Gasteiger partial charge in [0.05, 0.1) is 34.1 Å². The number of benzene rings is 2. The Labute approximate surface area is 159 Å². The normalized spacial score (nSPS) is 11.6. The van der Waals surface area contributed by atoms with Gasteiger partial charge in [0.1, 0.15) is 0 Å². The van der Waals surface area contributed by atoms with Gasteiger partial charge < -0.3 is 19.5 Å². The van der Waals surface area contributed by atoms with E-state index >= 15 is 0 Å². The highest BCUT2D eigenvalue weighted by molar-refractivity contribution is 7.89. The number of hydrogen-bond acceptors (Lipinski definition) is 6. The molecular weight excluding hydrogens is 370 g/mol. The van der Waals surface area contributed by atoms with Crippen LogP contribution in [0, 0.1) is 0 Å². The summed E-state index contributed by atoms with van der Waals surface area (Å²) >= 11 is 0. The van der Waals surface area contributed by atoms with Gasteiger partial charge in [0.25, 0.3) is 0 Å². The molecule has 0 aromatic heterocycles. The summed E-state index contributed by atoms with van der Waals surface area (Å²) in [5.41, 5.74) is 1.46. The van der Waals surface area contributed by atoms with E-state index in [4.69, 9.17) is 14.2 Å². The van der Waals surface area contributed by atoms with Gasteiger partial charge in [-0.25, -0.2) is 13.4 Å². The van der Waals surface area contributed by atoms with Crippen LogP contribution in [0.5, 0.6) is 17.2 Å². The summed E-state index contributed by atoms with van der Waals surface area (Å²) in [6, 6.07) is 12.6. The van der Waals surface area contributed by atoms with Crippen molar-refractivity contribution in [2.75, 3.05) is 32.9 Å². The van der Waals surface area contributed by atoms with Gasteiger partial charge in [0, 0.05) is 5.69 Å². The third kappa shape index (κ3) is 6.07. The molecule has 0 aliphatic rings. The predicted octanol–water partition coefficient (Wildman–Crippen LogP) is 2.23. The number of para-hydroxylation sites is 1. The predicted molar refractivity (Wildman–Crippen MR) is 105 cm³/mol. The summed E-state index contributed by atoms with van der Waals surface area (Å²) < 4.78 is 41.6. The number of guanidine groups is 1. The fourth-order valence-corrected chi connectivity index (χ4v) is 2.79. The lowest BCUT2D eigenvalue weighted by molar-refractivity contribution is 0.324. The van der Waals surface area contributed by atoms with E-state index in [9.17, 15) is 8.42 Å². The fourth-order valence-electron chi connectivity index (χ4n) is 2.33. The lowest BCUT2D eigenvalue weighted by Crippen LogP contribution is -2.35. The van der Waals surface area contributed by atoms with Crippen LogP contribution in [0.15, 0.2) is 47.5 Å². The molecule has 27 heavy (non-hydrogen) atoms. The first-order valence-corrected chi connectivity index (χ1v) is 9.88. The Kier molecular flexibility index (Phi) is 6.89. The van der Waals surface area contributed by atoms with Gasteiger partial charge in [0.2, 0.25) is 21.7 Å². The number of hydrogen-bond donors (Lipinski definition) is 2. The minimum absolute atomic E-state index is 0.109. The second kappa shape index (κ2) is 9.13. The number of methoxy groups -OCH3 is 3. The minimum Gasteiger partial charge on any atom is -0.493 e. The molecule has 0 radical (unpaired) electrons. The lowest BCUT2D eigenvalue weighted by Gasteiger charge is -2.14. The first-order chi connectivity index (χ1) is 12.9. The van der Waals surface area contributed by atoms with Gasteiger partial charge in [0.15, 0.2) is 11.5 Å². The highest BCUT2D eigenvalue weighted by Crippen LogP contribution is 2.38. The summed E-state index contributed by atoms with van der Waals surface area (Å²) in [6.07, 6.45) is 1.06. The maximum absolute atomic E-state index is 11.6. The quantitative estimate of drug-likeness (QED) is 0.553. The van der Waals surface area contributed by atoms with Gasteiger partial charge in [-0.3, -0.25) is 4.72 Å². The molecule has 0 aliphatic carbocycles. The number of ether oxygens (including phenoxy) is 3. The van der Waals surface area contributed by atoms with Crippen molar-refractivity contribution < 1.29 is 22.6 Å². The highest BCUT2D eigenvalue weighted by Gasteiger charge is 2.13. The molecule has 0 saturated heterocycles. The molecule has 9 heteroatoms. The van der Waals surface area contributed by atoms with Crippen molar-refractivity contribution in [2.24, 2.45) is 4.99 Å². The third-order valence-corrected chi connectivity index (χ3v) is 4.03.